The second-order valence-electron chi connectivity index (χ2n) is 3.82. The van der Waals surface area contributed by atoms with Crippen molar-refractivity contribution in [1.29, 1.82) is 5.41 Å². The van der Waals surface area contributed by atoms with Crippen LogP contribution < -0.4 is 10.5 Å². The fourth-order valence-electron chi connectivity index (χ4n) is 1.26. The summed E-state index contributed by atoms with van der Waals surface area (Å²) in [6.45, 7) is 3.62. The highest BCUT2D eigenvalue weighted by Gasteiger charge is 2.15. The molecule has 1 atom stereocenters. The Bertz CT molecular complexity index is 446. The SMILES string of the molecule is Cc1c(OCC(C)C(=N)N)cccc1[N+](=O)[O-]. The van der Waals surface area contributed by atoms with Gasteiger partial charge in [0.05, 0.1) is 22.9 Å². The van der Waals surface area contributed by atoms with Gasteiger partial charge in [-0.3, -0.25) is 15.5 Å². The number of nitrogens with two attached hydrogens (primary N) is 1. The molecule has 0 amide bonds. The first-order valence-corrected chi connectivity index (χ1v) is 5.14. The van der Waals surface area contributed by atoms with Crippen molar-refractivity contribution in [2.45, 2.75) is 13.8 Å². The molecule has 0 heterocycles. The second-order valence-corrected chi connectivity index (χ2v) is 3.82. The third kappa shape index (κ3) is 3.17. The van der Waals surface area contributed by atoms with Gasteiger partial charge in [0, 0.05) is 12.0 Å². The van der Waals surface area contributed by atoms with E-state index in [0.29, 0.717) is 11.3 Å². The van der Waals surface area contributed by atoms with Crippen LogP contribution in [0.3, 0.4) is 0 Å². The molecule has 0 spiro atoms. The lowest BCUT2D eigenvalue weighted by Gasteiger charge is -2.13. The fourth-order valence-corrected chi connectivity index (χ4v) is 1.26. The summed E-state index contributed by atoms with van der Waals surface area (Å²) >= 11 is 0. The molecule has 0 radical (unpaired) electrons. The van der Waals surface area contributed by atoms with Crippen LogP contribution in [0.25, 0.3) is 0 Å². The molecule has 0 aromatic heterocycles. The molecule has 0 aliphatic rings. The number of nitrogens with one attached hydrogen (secondary N) is 1. The van der Waals surface area contributed by atoms with E-state index >= 15 is 0 Å². The van der Waals surface area contributed by atoms with Gasteiger partial charge in [0.15, 0.2) is 0 Å². The van der Waals surface area contributed by atoms with Gasteiger partial charge in [0.25, 0.3) is 5.69 Å². The summed E-state index contributed by atoms with van der Waals surface area (Å²) in [7, 11) is 0. The van der Waals surface area contributed by atoms with Crippen molar-refractivity contribution in [3.63, 3.8) is 0 Å². The van der Waals surface area contributed by atoms with Crippen molar-refractivity contribution < 1.29 is 9.66 Å². The zero-order valence-corrected chi connectivity index (χ0v) is 9.77. The molecule has 1 aromatic carbocycles. The second kappa shape index (κ2) is 5.29. The van der Waals surface area contributed by atoms with Crippen LogP contribution in [-0.4, -0.2) is 17.4 Å². The Kier molecular flexibility index (Phi) is 4.03. The van der Waals surface area contributed by atoms with E-state index in [1.807, 2.05) is 0 Å². The monoisotopic (exact) mass is 237 g/mol. The summed E-state index contributed by atoms with van der Waals surface area (Å²) < 4.78 is 5.43. The van der Waals surface area contributed by atoms with Gasteiger partial charge in [0.1, 0.15) is 5.75 Å². The molecule has 92 valence electrons. The minimum atomic E-state index is -0.448. The highest BCUT2D eigenvalue weighted by Crippen LogP contribution is 2.27. The predicted molar refractivity (Wildman–Crippen MR) is 64.4 cm³/mol. The third-order valence-corrected chi connectivity index (χ3v) is 2.47. The van der Waals surface area contributed by atoms with Crippen LogP contribution >= 0.6 is 0 Å². The number of hydrogen-bond acceptors (Lipinski definition) is 4. The number of nitrogens with zero attached hydrogens (tertiary/aromatic N) is 1. The maximum absolute atomic E-state index is 10.7. The Balaban J connectivity index is 2.82. The zero-order chi connectivity index (χ0) is 13.0. The first-order valence-electron chi connectivity index (χ1n) is 5.14. The number of amidine groups is 1. The van der Waals surface area contributed by atoms with E-state index in [1.165, 1.54) is 6.07 Å². The number of nitro groups is 1. The minimum Gasteiger partial charge on any atom is -0.492 e. The Hall–Kier alpha value is -2.11. The van der Waals surface area contributed by atoms with E-state index in [-0.39, 0.29) is 24.0 Å². The van der Waals surface area contributed by atoms with Crippen molar-refractivity contribution in [2.24, 2.45) is 11.7 Å². The molecule has 0 aliphatic carbocycles. The molecular formula is C11H15N3O3. The third-order valence-electron chi connectivity index (χ3n) is 2.47. The standard InChI is InChI=1S/C11H15N3O3/c1-7(11(12)13)6-17-10-5-3-4-9(8(10)2)14(15)16/h3-5,7H,6H2,1-2H3,(H3,12,13). The molecule has 0 aliphatic heterocycles. The van der Waals surface area contributed by atoms with Crippen LogP contribution in [0, 0.1) is 28.4 Å². The molecule has 17 heavy (non-hydrogen) atoms. The number of benzene rings is 1. The molecule has 3 N–H and O–H groups in total. The molecule has 6 heteroatoms. The molecule has 1 unspecified atom stereocenters. The van der Waals surface area contributed by atoms with Crippen molar-refractivity contribution in [3.05, 3.63) is 33.9 Å². The zero-order valence-electron chi connectivity index (χ0n) is 9.77. The van der Waals surface area contributed by atoms with E-state index in [2.05, 4.69) is 0 Å². The Morgan fingerprint density at radius 1 is 1.65 bits per heavy atom. The van der Waals surface area contributed by atoms with Gasteiger partial charge in [-0.2, -0.15) is 0 Å². The van der Waals surface area contributed by atoms with Gasteiger partial charge < -0.3 is 10.5 Å². The van der Waals surface area contributed by atoms with Crippen LogP contribution in [0.15, 0.2) is 18.2 Å². The maximum atomic E-state index is 10.7. The van der Waals surface area contributed by atoms with Gasteiger partial charge in [-0.05, 0) is 13.0 Å². The normalized spacial score (nSPS) is 11.9. The van der Waals surface area contributed by atoms with Gasteiger partial charge in [-0.1, -0.05) is 13.0 Å². The Morgan fingerprint density at radius 2 is 2.29 bits per heavy atom. The van der Waals surface area contributed by atoms with E-state index < -0.39 is 4.92 Å². The first-order chi connectivity index (χ1) is 7.93. The fraction of sp³-hybridized carbons (Fsp3) is 0.364. The molecule has 0 bridgehead atoms. The molecule has 6 nitrogen and oxygen atoms in total. The van der Waals surface area contributed by atoms with Crippen molar-refractivity contribution >= 4 is 11.5 Å². The molecule has 1 rings (SSSR count). The van der Waals surface area contributed by atoms with E-state index in [1.54, 1.807) is 26.0 Å². The smallest absolute Gasteiger partial charge is 0.276 e. The van der Waals surface area contributed by atoms with Crippen LogP contribution in [0.2, 0.25) is 0 Å². The lowest BCUT2D eigenvalue weighted by atomic mass is 10.1. The van der Waals surface area contributed by atoms with Crippen molar-refractivity contribution in [2.75, 3.05) is 6.61 Å². The largest absolute Gasteiger partial charge is 0.492 e. The highest BCUT2D eigenvalue weighted by molar-refractivity contribution is 5.79. The number of hydrogen-bond donors (Lipinski definition) is 2. The van der Waals surface area contributed by atoms with Gasteiger partial charge >= 0.3 is 0 Å². The summed E-state index contributed by atoms with van der Waals surface area (Å²) in [6, 6.07) is 4.66. The van der Waals surface area contributed by atoms with E-state index in [4.69, 9.17) is 15.9 Å². The van der Waals surface area contributed by atoms with Crippen LogP contribution in [0.4, 0.5) is 5.69 Å². The number of ether oxygens (including phenoxy) is 1. The van der Waals surface area contributed by atoms with Gasteiger partial charge in [-0.15, -0.1) is 0 Å². The maximum Gasteiger partial charge on any atom is 0.276 e. The summed E-state index contributed by atoms with van der Waals surface area (Å²) in [5.41, 5.74) is 5.82. The van der Waals surface area contributed by atoms with Crippen LogP contribution in [0.1, 0.15) is 12.5 Å². The molecule has 0 fully saturated rings. The first kappa shape index (κ1) is 13.0. The van der Waals surface area contributed by atoms with Crippen LogP contribution in [0.5, 0.6) is 5.75 Å². The van der Waals surface area contributed by atoms with Crippen molar-refractivity contribution in [3.8, 4) is 5.75 Å². The highest BCUT2D eigenvalue weighted by atomic mass is 16.6. The van der Waals surface area contributed by atoms with Crippen molar-refractivity contribution in [1.82, 2.24) is 0 Å². The molecule has 1 aromatic rings. The van der Waals surface area contributed by atoms with E-state index in [9.17, 15) is 10.1 Å². The topological polar surface area (TPSA) is 102 Å². The average molecular weight is 237 g/mol. The van der Waals surface area contributed by atoms with Gasteiger partial charge in [0.2, 0.25) is 0 Å². The summed E-state index contributed by atoms with van der Waals surface area (Å²) in [6.07, 6.45) is 0. The van der Waals surface area contributed by atoms with E-state index in [0.717, 1.165) is 0 Å². The molecule has 0 saturated carbocycles. The Morgan fingerprint density at radius 3 is 2.82 bits per heavy atom. The lowest BCUT2D eigenvalue weighted by Crippen LogP contribution is -2.25. The minimum absolute atomic E-state index is 0.0259. The summed E-state index contributed by atoms with van der Waals surface area (Å²) in [5, 5.41) is 17.9. The molecule has 0 saturated heterocycles. The summed E-state index contributed by atoms with van der Waals surface area (Å²) in [5.74, 6) is 0.272. The van der Waals surface area contributed by atoms with Crippen LogP contribution in [-0.2, 0) is 0 Å². The lowest BCUT2D eigenvalue weighted by molar-refractivity contribution is -0.385. The summed E-state index contributed by atoms with van der Waals surface area (Å²) in [4.78, 5) is 10.3. The number of nitro benzene ring substituents is 1. The number of rotatable bonds is 5. The van der Waals surface area contributed by atoms with Gasteiger partial charge in [-0.25, -0.2) is 0 Å². The predicted octanol–water partition coefficient (Wildman–Crippen LogP) is 1.85. The molecular weight excluding hydrogens is 222 g/mol. The quantitative estimate of drug-likeness (QED) is 0.353. The Labute approximate surface area is 99.0 Å². The average Bonchev–Trinajstić information content (AvgIpc) is 2.26.